The van der Waals surface area contributed by atoms with Gasteiger partial charge >= 0.3 is 0 Å². The van der Waals surface area contributed by atoms with Crippen molar-refractivity contribution >= 4 is 56.0 Å². The van der Waals surface area contributed by atoms with Gasteiger partial charge in [-0.2, -0.15) is 0 Å². The van der Waals surface area contributed by atoms with Crippen molar-refractivity contribution in [3.05, 3.63) is 139 Å². The minimum atomic E-state index is -3.37. The summed E-state index contributed by atoms with van der Waals surface area (Å²) < 4.78 is 42.3. The number of carbonyl (C=O) groups is 2. The molecule has 0 unspecified atom stereocenters. The van der Waals surface area contributed by atoms with E-state index >= 15 is 0 Å². The average molecular weight is 812 g/mol. The van der Waals surface area contributed by atoms with Crippen LogP contribution in [0.2, 0.25) is 0 Å². The number of carbonyl (C=O) groups excluding carboxylic acids is 2. The molecule has 14 heteroatoms. The molecule has 2 aromatic heterocycles. The second-order valence-corrected chi connectivity index (χ2v) is 15.9. The molecule has 0 fully saturated rings. The molecule has 0 radical (unpaired) electrons. The van der Waals surface area contributed by atoms with E-state index in [-0.39, 0.29) is 22.3 Å². The first-order valence-electron chi connectivity index (χ1n) is 17.8. The van der Waals surface area contributed by atoms with Crippen LogP contribution < -0.4 is 19.5 Å². The molecule has 0 aliphatic heterocycles. The van der Waals surface area contributed by atoms with Crippen LogP contribution in [-0.4, -0.2) is 73.2 Å². The van der Waals surface area contributed by atoms with E-state index in [4.69, 9.17) is 19.2 Å². The van der Waals surface area contributed by atoms with E-state index < -0.39 is 9.84 Å². The van der Waals surface area contributed by atoms with E-state index in [0.29, 0.717) is 50.7 Å². The van der Waals surface area contributed by atoms with Gasteiger partial charge in [-0.05, 0) is 84.4 Å². The third-order valence-electron chi connectivity index (χ3n) is 9.08. The van der Waals surface area contributed by atoms with Crippen LogP contribution in [0, 0.1) is 0 Å². The number of para-hydroxylation sites is 2. The molecule has 7 rings (SSSR count). The number of benzene rings is 5. The monoisotopic (exact) mass is 811 g/mol. The summed E-state index contributed by atoms with van der Waals surface area (Å²) >= 11 is 1.23. The molecular weight excluding hydrogens is 775 g/mol. The lowest BCUT2D eigenvalue weighted by atomic mass is 10.0. The number of fused-ring (bicyclic) bond motifs is 1. The van der Waals surface area contributed by atoms with Crippen LogP contribution in [0.1, 0.15) is 15.9 Å². The van der Waals surface area contributed by atoms with Crippen LogP contribution in [0.4, 0.5) is 5.69 Å². The van der Waals surface area contributed by atoms with Gasteiger partial charge in [0, 0.05) is 39.7 Å². The summed E-state index contributed by atoms with van der Waals surface area (Å²) in [6, 6.07) is 36.0. The zero-order valence-electron chi connectivity index (χ0n) is 31.9. The van der Waals surface area contributed by atoms with Crippen LogP contribution in [0.5, 0.6) is 17.2 Å². The number of pyridine rings is 1. The van der Waals surface area contributed by atoms with Crippen molar-refractivity contribution < 1.29 is 32.2 Å². The normalized spacial score (nSPS) is 11.4. The predicted octanol–water partition coefficient (Wildman–Crippen LogP) is 8.21. The number of hydrogen-bond acceptors (Lipinski definition) is 11. The van der Waals surface area contributed by atoms with Crippen molar-refractivity contribution in [3.63, 3.8) is 0 Å². The molecule has 1 N–H and O–H groups in total. The van der Waals surface area contributed by atoms with E-state index in [1.54, 1.807) is 66.7 Å². The van der Waals surface area contributed by atoms with Gasteiger partial charge in [-0.3, -0.25) is 14.2 Å². The summed E-state index contributed by atoms with van der Waals surface area (Å²) in [7, 11) is 1.21. The van der Waals surface area contributed by atoms with E-state index in [0.717, 1.165) is 27.7 Å². The van der Waals surface area contributed by atoms with Gasteiger partial charge in [-0.25, -0.2) is 13.4 Å². The zero-order chi connectivity index (χ0) is 40.8. The van der Waals surface area contributed by atoms with Crippen molar-refractivity contribution in [2.24, 2.45) is 0 Å². The highest BCUT2D eigenvalue weighted by molar-refractivity contribution is 7.99. The Morgan fingerprint density at radius 1 is 0.793 bits per heavy atom. The number of methoxy groups -OCH3 is 3. The molecule has 0 bridgehead atoms. The molecule has 0 saturated heterocycles. The highest BCUT2D eigenvalue weighted by atomic mass is 32.2. The summed E-state index contributed by atoms with van der Waals surface area (Å²) in [5.74, 6) is 1.48. The second kappa shape index (κ2) is 17.2. The van der Waals surface area contributed by atoms with Crippen LogP contribution in [0.25, 0.3) is 45.3 Å². The quantitative estimate of drug-likeness (QED) is 0.0643. The van der Waals surface area contributed by atoms with E-state index in [1.165, 1.54) is 45.4 Å². The first kappa shape index (κ1) is 39.5. The number of ketones is 1. The Morgan fingerprint density at radius 2 is 1.47 bits per heavy atom. The number of aromatic nitrogens is 4. The first-order valence-corrected chi connectivity index (χ1v) is 20.7. The molecule has 7 aromatic rings. The highest BCUT2D eigenvalue weighted by Gasteiger charge is 2.21. The van der Waals surface area contributed by atoms with Crippen molar-refractivity contribution in [1.82, 2.24) is 19.7 Å². The van der Waals surface area contributed by atoms with Crippen molar-refractivity contribution in [2.45, 2.75) is 10.1 Å². The third kappa shape index (κ3) is 8.62. The van der Waals surface area contributed by atoms with Gasteiger partial charge in [0.25, 0.3) is 0 Å². The van der Waals surface area contributed by atoms with Gasteiger partial charge in [-0.1, -0.05) is 66.4 Å². The number of anilines is 1. The predicted molar refractivity (Wildman–Crippen MR) is 226 cm³/mol. The molecule has 0 atom stereocenters. The molecular formula is C44H37N5O7S2. The Kier molecular flexibility index (Phi) is 11.7. The number of allylic oxidation sites excluding steroid dienone is 1. The van der Waals surface area contributed by atoms with Gasteiger partial charge < -0.3 is 19.5 Å². The molecule has 0 aliphatic carbocycles. The number of hydrogen-bond donors (Lipinski definition) is 1. The van der Waals surface area contributed by atoms with Crippen molar-refractivity contribution in [2.75, 3.05) is 38.7 Å². The number of nitrogens with zero attached hydrogens (tertiary/aromatic N) is 4. The zero-order valence-corrected chi connectivity index (χ0v) is 33.5. The molecule has 12 nitrogen and oxygen atoms in total. The van der Waals surface area contributed by atoms with E-state index in [9.17, 15) is 18.0 Å². The summed E-state index contributed by atoms with van der Waals surface area (Å²) in [6.45, 7) is 0. The first-order chi connectivity index (χ1) is 28.1. The van der Waals surface area contributed by atoms with E-state index in [2.05, 4.69) is 15.5 Å². The topological polar surface area (TPSA) is 152 Å². The number of thioether (sulfide) groups is 1. The minimum Gasteiger partial charge on any atom is -0.493 e. The Bertz CT molecular complexity index is 2750. The number of amides is 1. The standard InChI is InChI=1S/C44H37N5O7S2/c1-54-39-24-28(25-40(55-2)42(39)56-3)14-23-38(50)30-15-19-31(20-16-30)45-41(51)27-57-44-48-47-43(49(44)32-10-6-5-7-11-32)35-26-37(46-36-13-9-8-12-34(35)36)29-17-21-33(22-18-29)58(4,52)53/h5-26H,27H2,1-4H3,(H,45,51)/b23-14+. The lowest BCUT2D eigenvalue weighted by Gasteiger charge is -2.13. The van der Waals surface area contributed by atoms with Gasteiger partial charge in [0.05, 0.1) is 43.2 Å². The van der Waals surface area contributed by atoms with Crippen molar-refractivity contribution in [1.29, 1.82) is 0 Å². The fourth-order valence-electron chi connectivity index (χ4n) is 6.24. The van der Waals surface area contributed by atoms with Crippen LogP contribution in [-0.2, 0) is 14.6 Å². The Morgan fingerprint density at radius 3 is 2.12 bits per heavy atom. The molecule has 1 amide bonds. The average Bonchev–Trinajstić information content (AvgIpc) is 3.68. The van der Waals surface area contributed by atoms with Crippen LogP contribution in [0.15, 0.2) is 137 Å². The van der Waals surface area contributed by atoms with Crippen molar-refractivity contribution in [3.8, 4) is 45.6 Å². The number of rotatable bonds is 14. The lowest BCUT2D eigenvalue weighted by Crippen LogP contribution is -2.14. The molecule has 292 valence electrons. The van der Waals surface area contributed by atoms with Gasteiger partial charge in [0.1, 0.15) is 0 Å². The summed E-state index contributed by atoms with van der Waals surface area (Å²) in [6.07, 6.45) is 4.29. The second-order valence-electron chi connectivity index (χ2n) is 12.9. The maximum absolute atomic E-state index is 13.3. The highest BCUT2D eigenvalue weighted by Crippen LogP contribution is 2.39. The van der Waals surface area contributed by atoms with Gasteiger partial charge in [0.15, 0.2) is 38.1 Å². The maximum Gasteiger partial charge on any atom is 0.234 e. The molecule has 0 saturated carbocycles. The summed E-state index contributed by atoms with van der Waals surface area (Å²) in [5.41, 5.74) is 5.31. The maximum atomic E-state index is 13.3. The van der Waals surface area contributed by atoms with E-state index in [1.807, 2.05) is 65.2 Å². The fraction of sp³-hybridized carbons (Fsp3) is 0.114. The number of sulfone groups is 1. The third-order valence-corrected chi connectivity index (χ3v) is 11.1. The van der Waals surface area contributed by atoms with Crippen LogP contribution in [0.3, 0.4) is 0 Å². The Balaban J connectivity index is 1.10. The smallest absolute Gasteiger partial charge is 0.234 e. The van der Waals surface area contributed by atoms with Gasteiger partial charge in [-0.15, -0.1) is 10.2 Å². The summed E-state index contributed by atoms with van der Waals surface area (Å²) in [5, 5.41) is 13.4. The molecule has 0 spiro atoms. The molecule has 0 aliphatic rings. The number of ether oxygens (including phenoxy) is 3. The minimum absolute atomic E-state index is 0.0260. The molecule has 5 aromatic carbocycles. The molecule has 58 heavy (non-hydrogen) atoms. The van der Waals surface area contributed by atoms with Gasteiger partial charge in [0.2, 0.25) is 11.7 Å². The fourth-order valence-corrected chi connectivity index (χ4v) is 7.62. The molecule has 2 heterocycles. The number of nitrogens with one attached hydrogen (secondary N) is 1. The SMILES string of the molecule is COc1cc(/C=C/C(=O)c2ccc(NC(=O)CSc3nnc(-c4cc(-c5ccc(S(C)(=O)=O)cc5)nc5ccccc45)n3-c3ccccc3)cc2)cc(OC)c1OC. The lowest BCUT2D eigenvalue weighted by molar-refractivity contribution is -0.113. The Labute approximate surface area is 339 Å². The summed E-state index contributed by atoms with van der Waals surface area (Å²) in [4.78, 5) is 31.4. The Hall–Kier alpha value is -6.77. The largest absolute Gasteiger partial charge is 0.493 e. The van der Waals surface area contributed by atoms with Crippen LogP contribution >= 0.6 is 11.8 Å².